The third kappa shape index (κ3) is 3.71. The Balaban J connectivity index is 1.52. The van der Waals surface area contributed by atoms with Gasteiger partial charge in [0.2, 0.25) is 12.1 Å². The normalized spacial score (nSPS) is 22.3. The molecule has 0 radical (unpaired) electrons. The molecule has 10 nitrogen and oxygen atoms in total. The second kappa shape index (κ2) is 7.52. The second-order valence-electron chi connectivity index (χ2n) is 8.36. The smallest absolute Gasteiger partial charge is 0.279 e. The fraction of sp³-hybridized carbons (Fsp3) is 0.350. The zero-order chi connectivity index (χ0) is 22.5. The van der Waals surface area contributed by atoms with Crippen LogP contribution < -0.4 is 5.48 Å². The first-order valence-corrected chi connectivity index (χ1v) is 9.93. The van der Waals surface area contributed by atoms with Crippen molar-refractivity contribution in [1.82, 2.24) is 15.3 Å². The molecular weight excluding hydrogens is 424 g/mol. The fourth-order valence-electron chi connectivity index (χ4n) is 3.98. The average Bonchev–Trinajstić information content (AvgIpc) is 3.34. The van der Waals surface area contributed by atoms with E-state index in [0.29, 0.717) is 5.11 Å². The molecule has 162 valence electrons. The number of benzene rings is 1. The zero-order valence-electron chi connectivity index (χ0n) is 16.8. The van der Waals surface area contributed by atoms with Crippen molar-refractivity contribution in [2.24, 2.45) is 5.41 Å². The Bertz CT molecular complexity index is 1050. The highest BCUT2D eigenvalue weighted by Gasteiger charge is 2.53. The summed E-state index contributed by atoms with van der Waals surface area (Å²) in [6.45, 7) is 3.79. The van der Waals surface area contributed by atoms with Crippen LogP contribution in [0.15, 0.2) is 42.1 Å². The summed E-state index contributed by atoms with van der Waals surface area (Å²) in [5.41, 5.74) is 3.32. The lowest BCUT2D eigenvalue weighted by Crippen LogP contribution is -2.42. The van der Waals surface area contributed by atoms with Crippen LogP contribution in [0.5, 0.6) is 0 Å². The topological polar surface area (TPSA) is 125 Å². The molecular formula is C20H20N4O6S. The quantitative estimate of drug-likeness (QED) is 0.295. The average molecular weight is 444 g/mol. The number of thiocarbonyl (C=S) groups is 1. The highest BCUT2D eigenvalue weighted by molar-refractivity contribution is 7.80. The molecule has 2 aliphatic heterocycles. The van der Waals surface area contributed by atoms with Gasteiger partial charge in [-0.1, -0.05) is 13.8 Å². The molecule has 0 spiro atoms. The summed E-state index contributed by atoms with van der Waals surface area (Å²) < 4.78 is 5.93. The number of amides is 2. The fourth-order valence-corrected chi connectivity index (χ4v) is 4.34. The standard InChI is InChI=1S/C20H20N4O6S/c1-20(2,9-16(25)21-27)10-22-17(26)18-23(19(22)31)14-7-12(8-15(14)30-18)11-3-5-13(6-4-11)24(28)29/h3-8,15,18,27H,9-10H2,1-2H3,(H,21,25). The number of ether oxygens (including phenoxy) is 1. The van der Waals surface area contributed by atoms with E-state index in [9.17, 15) is 19.7 Å². The predicted molar refractivity (Wildman–Crippen MR) is 112 cm³/mol. The number of rotatable bonds is 6. The number of allylic oxidation sites excluding steroid dienone is 2. The molecule has 0 aromatic heterocycles. The minimum atomic E-state index is -0.860. The van der Waals surface area contributed by atoms with Gasteiger partial charge in [-0.2, -0.15) is 0 Å². The summed E-state index contributed by atoms with van der Waals surface area (Å²) in [6.07, 6.45) is 2.43. The van der Waals surface area contributed by atoms with Gasteiger partial charge in [0, 0.05) is 25.1 Å². The predicted octanol–water partition coefficient (Wildman–Crippen LogP) is 1.95. The Morgan fingerprint density at radius 1 is 1.35 bits per heavy atom. The molecule has 2 heterocycles. The molecule has 2 saturated heterocycles. The van der Waals surface area contributed by atoms with Crippen molar-refractivity contribution < 1.29 is 24.5 Å². The number of nitro groups is 1. The third-order valence-electron chi connectivity index (χ3n) is 5.39. The molecule has 2 atom stereocenters. The summed E-state index contributed by atoms with van der Waals surface area (Å²) in [6, 6.07) is 6.19. The Morgan fingerprint density at radius 3 is 2.65 bits per heavy atom. The second-order valence-corrected chi connectivity index (χ2v) is 8.72. The van der Waals surface area contributed by atoms with Gasteiger partial charge in [0.25, 0.3) is 11.6 Å². The van der Waals surface area contributed by atoms with Crippen LogP contribution in [0.4, 0.5) is 5.69 Å². The minimum absolute atomic E-state index is 0.00552. The monoisotopic (exact) mass is 444 g/mol. The Morgan fingerprint density at radius 2 is 2.03 bits per heavy atom. The summed E-state index contributed by atoms with van der Waals surface area (Å²) in [7, 11) is 0. The molecule has 1 aliphatic carbocycles. The lowest BCUT2D eigenvalue weighted by atomic mass is 9.88. The number of nitro benzene ring substituents is 1. The molecule has 2 unspecified atom stereocenters. The van der Waals surface area contributed by atoms with Crippen LogP contribution in [0.2, 0.25) is 0 Å². The van der Waals surface area contributed by atoms with Gasteiger partial charge >= 0.3 is 0 Å². The van der Waals surface area contributed by atoms with Crippen LogP contribution in [0.25, 0.3) is 5.57 Å². The molecule has 0 bridgehead atoms. The van der Waals surface area contributed by atoms with E-state index in [2.05, 4.69) is 0 Å². The van der Waals surface area contributed by atoms with Gasteiger partial charge in [-0.25, -0.2) is 5.48 Å². The van der Waals surface area contributed by atoms with Crippen LogP contribution in [0, 0.1) is 15.5 Å². The van der Waals surface area contributed by atoms with E-state index in [1.54, 1.807) is 36.4 Å². The molecule has 3 aliphatic rings. The van der Waals surface area contributed by atoms with Crippen molar-refractivity contribution >= 4 is 40.4 Å². The lowest BCUT2D eigenvalue weighted by molar-refractivity contribution is -0.384. The Hall–Kier alpha value is -3.15. The summed E-state index contributed by atoms with van der Waals surface area (Å²) in [4.78, 5) is 38.0. The molecule has 0 saturated carbocycles. The number of fused-ring (bicyclic) bond motifs is 3. The number of hydrogen-bond acceptors (Lipinski definition) is 7. The lowest BCUT2D eigenvalue weighted by Gasteiger charge is -2.29. The maximum atomic E-state index is 12.9. The number of hydrogen-bond donors (Lipinski definition) is 2. The third-order valence-corrected chi connectivity index (χ3v) is 5.81. The van der Waals surface area contributed by atoms with Crippen molar-refractivity contribution in [3.8, 4) is 0 Å². The first-order valence-electron chi connectivity index (χ1n) is 9.52. The maximum absolute atomic E-state index is 12.9. The molecule has 11 heteroatoms. The molecule has 2 amide bonds. The molecule has 2 N–H and O–H groups in total. The highest BCUT2D eigenvalue weighted by atomic mass is 32.1. The van der Waals surface area contributed by atoms with Gasteiger partial charge < -0.3 is 4.74 Å². The van der Waals surface area contributed by atoms with Crippen molar-refractivity contribution in [3.05, 3.63) is 57.8 Å². The molecule has 4 rings (SSSR count). The maximum Gasteiger partial charge on any atom is 0.279 e. The van der Waals surface area contributed by atoms with Crippen LogP contribution in [-0.4, -0.2) is 55.7 Å². The number of nitrogens with zero attached hydrogens (tertiary/aromatic N) is 3. The number of nitrogens with one attached hydrogen (secondary N) is 1. The van der Waals surface area contributed by atoms with Crippen LogP contribution in [0.1, 0.15) is 25.8 Å². The van der Waals surface area contributed by atoms with Crippen molar-refractivity contribution in [1.29, 1.82) is 0 Å². The Kier molecular flexibility index (Phi) is 5.12. The molecule has 1 aromatic carbocycles. The Labute approximate surface area is 182 Å². The van der Waals surface area contributed by atoms with Gasteiger partial charge in [-0.3, -0.25) is 34.7 Å². The number of non-ortho nitro benzene ring substituents is 1. The van der Waals surface area contributed by atoms with Gasteiger partial charge in [-0.15, -0.1) is 0 Å². The first-order chi connectivity index (χ1) is 14.6. The van der Waals surface area contributed by atoms with Crippen LogP contribution >= 0.6 is 12.2 Å². The minimum Gasteiger partial charge on any atom is -0.335 e. The van der Waals surface area contributed by atoms with Gasteiger partial charge in [0.05, 0.1) is 10.6 Å². The SMILES string of the molecule is CC(C)(CC(=O)NO)CN1C(=O)C2OC3C=C(c4ccc([N+](=O)[O-])cc4)C=C3N2C1=S. The van der Waals surface area contributed by atoms with E-state index >= 15 is 0 Å². The van der Waals surface area contributed by atoms with Gasteiger partial charge in [0.15, 0.2) is 5.11 Å². The van der Waals surface area contributed by atoms with E-state index in [1.807, 2.05) is 12.2 Å². The number of carbonyl (C=O) groups is 2. The molecule has 1 aromatic rings. The summed E-state index contributed by atoms with van der Waals surface area (Å²) >= 11 is 5.55. The van der Waals surface area contributed by atoms with Crippen molar-refractivity contribution in [3.63, 3.8) is 0 Å². The van der Waals surface area contributed by atoms with E-state index < -0.39 is 28.6 Å². The van der Waals surface area contributed by atoms with E-state index in [1.165, 1.54) is 17.0 Å². The summed E-state index contributed by atoms with van der Waals surface area (Å²) in [5.74, 6) is -0.849. The van der Waals surface area contributed by atoms with E-state index in [4.69, 9.17) is 22.2 Å². The zero-order valence-corrected chi connectivity index (χ0v) is 17.6. The largest absolute Gasteiger partial charge is 0.335 e. The van der Waals surface area contributed by atoms with Gasteiger partial charge in [0.1, 0.15) is 6.10 Å². The van der Waals surface area contributed by atoms with Crippen LogP contribution in [-0.2, 0) is 14.3 Å². The number of carbonyl (C=O) groups excluding carboxylic acids is 2. The van der Waals surface area contributed by atoms with Crippen molar-refractivity contribution in [2.75, 3.05) is 6.54 Å². The van der Waals surface area contributed by atoms with Crippen molar-refractivity contribution in [2.45, 2.75) is 32.6 Å². The molecule has 31 heavy (non-hydrogen) atoms. The van der Waals surface area contributed by atoms with Crippen LogP contribution in [0.3, 0.4) is 0 Å². The number of hydroxylamine groups is 1. The van der Waals surface area contributed by atoms with E-state index in [0.717, 1.165) is 16.8 Å². The summed E-state index contributed by atoms with van der Waals surface area (Å²) in [5, 5.41) is 19.9. The van der Waals surface area contributed by atoms with E-state index in [-0.39, 0.29) is 24.6 Å². The first kappa shape index (κ1) is 21.1. The highest BCUT2D eigenvalue weighted by Crippen LogP contribution is 2.42. The van der Waals surface area contributed by atoms with Gasteiger partial charge in [-0.05, 0) is 53.1 Å². The molecule has 2 fully saturated rings.